The Hall–Kier alpha value is -3.68. The molecule has 3 heterocycles. The predicted octanol–water partition coefficient (Wildman–Crippen LogP) is 7.13. The third kappa shape index (κ3) is 7.16. The molecule has 1 aliphatic rings. The first kappa shape index (κ1) is 31.8. The van der Waals surface area contributed by atoms with Gasteiger partial charge in [0.05, 0.1) is 19.3 Å². The van der Waals surface area contributed by atoms with E-state index >= 15 is 0 Å². The minimum atomic E-state index is -5.07. The molecule has 0 amide bonds. The van der Waals surface area contributed by atoms with Crippen molar-refractivity contribution in [3.05, 3.63) is 59.5 Å². The topological polar surface area (TPSA) is 96.6 Å². The molecule has 2 atom stereocenters. The molecule has 224 valence electrons. The minimum Gasteiger partial charge on any atom is -0.474 e. The summed E-state index contributed by atoms with van der Waals surface area (Å²) in [7, 11) is 0.912. The fourth-order valence-corrected chi connectivity index (χ4v) is 3.95. The first-order valence-electron chi connectivity index (χ1n) is 12.7. The zero-order chi connectivity index (χ0) is 30.4. The summed E-state index contributed by atoms with van der Waals surface area (Å²) in [5, 5.41) is 7.19. The molecule has 0 saturated carbocycles. The summed E-state index contributed by atoms with van der Waals surface area (Å²) < 4.78 is 107. The van der Waals surface area contributed by atoms with Gasteiger partial charge >= 0.3 is 18.3 Å². The Labute approximate surface area is 232 Å². The number of fused-ring (bicyclic) bond motifs is 5. The van der Waals surface area contributed by atoms with Crippen LogP contribution in [0.1, 0.15) is 67.8 Å². The Bertz CT molecular complexity index is 1300. The Morgan fingerprint density at radius 1 is 1.22 bits per heavy atom. The molecule has 0 spiro atoms. The second-order valence-electron chi connectivity index (χ2n) is 9.20. The number of alkyl halides is 6. The Kier molecular flexibility index (Phi) is 10.0. The number of carbonyl (C=O) groups is 1. The van der Waals surface area contributed by atoms with E-state index < -0.39 is 77.5 Å². The number of unbranched alkanes of at least 4 members (excludes halogenated alkanes) is 1. The van der Waals surface area contributed by atoms with Crippen molar-refractivity contribution in [2.45, 2.75) is 70.0 Å². The lowest BCUT2D eigenvalue weighted by Gasteiger charge is -2.32. The minimum absolute atomic E-state index is 0.0473. The zero-order valence-corrected chi connectivity index (χ0v) is 22.6. The van der Waals surface area contributed by atoms with Crippen LogP contribution in [0.25, 0.3) is 11.6 Å². The summed E-state index contributed by atoms with van der Waals surface area (Å²) in [6.45, 7) is 6.48. The van der Waals surface area contributed by atoms with Crippen LogP contribution in [-0.4, -0.2) is 47.1 Å². The quantitative estimate of drug-likeness (QED) is 0.146. The molecule has 0 radical (unpaired) electrons. The van der Waals surface area contributed by atoms with E-state index in [1.165, 1.54) is 25.2 Å². The third-order valence-corrected chi connectivity index (χ3v) is 6.18. The molecule has 1 aliphatic heterocycles. The van der Waals surface area contributed by atoms with Gasteiger partial charge in [0, 0.05) is 6.42 Å². The van der Waals surface area contributed by atoms with Crippen molar-refractivity contribution in [3.63, 3.8) is 0 Å². The maximum absolute atomic E-state index is 14.8. The number of methoxy groups -OCH3 is 1. The van der Waals surface area contributed by atoms with Crippen molar-refractivity contribution in [3.8, 4) is 17.5 Å². The third-order valence-electron chi connectivity index (χ3n) is 6.18. The number of hydrogen-bond acceptors (Lipinski definition) is 8. The Morgan fingerprint density at radius 3 is 2.56 bits per heavy atom. The van der Waals surface area contributed by atoms with E-state index in [0.29, 0.717) is 18.1 Å². The van der Waals surface area contributed by atoms with E-state index in [0.717, 1.165) is 13.5 Å². The first-order chi connectivity index (χ1) is 19.3. The summed E-state index contributed by atoms with van der Waals surface area (Å²) in [4.78, 5) is 16.3. The molecule has 1 unspecified atom stereocenters. The lowest BCUT2D eigenvalue weighted by Crippen LogP contribution is -2.45. The number of allylic oxidation sites excluding steroid dienone is 2. The van der Waals surface area contributed by atoms with Crippen molar-refractivity contribution in [1.29, 1.82) is 0 Å². The summed E-state index contributed by atoms with van der Waals surface area (Å²) in [6, 6.07) is 0.421. The van der Waals surface area contributed by atoms with Gasteiger partial charge < -0.3 is 18.6 Å². The smallest absolute Gasteiger partial charge is 0.426 e. The highest BCUT2D eigenvalue weighted by Crippen LogP contribution is 2.47. The highest BCUT2D eigenvalue weighted by atomic mass is 19.4. The van der Waals surface area contributed by atoms with Gasteiger partial charge in [-0.2, -0.15) is 26.3 Å². The van der Waals surface area contributed by atoms with Gasteiger partial charge in [-0.3, -0.25) is 0 Å². The lowest BCUT2D eigenvalue weighted by molar-refractivity contribution is -0.292. The summed E-state index contributed by atoms with van der Waals surface area (Å²) >= 11 is 0. The number of pyridine rings is 1. The molecule has 0 saturated heterocycles. The van der Waals surface area contributed by atoms with Crippen molar-refractivity contribution < 1.29 is 49.8 Å². The fraction of sp³-hybridized carbons (Fsp3) is 0.481. The monoisotopic (exact) mass is 589 g/mol. The average molecular weight is 590 g/mol. The van der Waals surface area contributed by atoms with Gasteiger partial charge in [-0.05, 0) is 37.8 Å². The molecule has 0 N–H and O–H groups in total. The van der Waals surface area contributed by atoms with Crippen LogP contribution in [0.3, 0.4) is 0 Å². The van der Waals surface area contributed by atoms with Crippen LogP contribution in [0.4, 0.5) is 26.3 Å². The average Bonchev–Trinajstić information content (AvgIpc) is 3.39. The number of hydrogen-bond donors (Lipinski definition) is 0. The maximum atomic E-state index is 14.8. The normalized spacial score (nSPS) is 21.0. The summed E-state index contributed by atoms with van der Waals surface area (Å²) in [6.07, 6.45) is -4.45. The van der Waals surface area contributed by atoms with E-state index in [-0.39, 0.29) is 12.8 Å². The van der Waals surface area contributed by atoms with Gasteiger partial charge in [-0.15, -0.1) is 10.2 Å². The Balaban J connectivity index is 2.27. The predicted molar refractivity (Wildman–Crippen MR) is 134 cm³/mol. The number of carbonyl (C=O) groups excluding carboxylic acids is 1. The molecule has 0 aromatic carbocycles. The largest absolute Gasteiger partial charge is 0.474 e. The van der Waals surface area contributed by atoms with Gasteiger partial charge in [0.15, 0.2) is 0 Å². The number of rotatable bonds is 7. The highest BCUT2D eigenvalue weighted by molar-refractivity contribution is 5.95. The molecule has 0 aliphatic carbocycles. The van der Waals surface area contributed by atoms with Crippen LogP contribution in [-0.2, 0) is 21.3 Å². The van der Waals surface area contributed by atoms with E-state index in [1.807, 2.05) is 6.92 Å². The van der Waals surface area contributed by atoms with Crippen molar-refractivity contribution in [2.24, 2.45) is 0 Å². The lowest BCUT2D eigenvalue weighted by atomic mass is 9.95. The van der Waals surface area contributed by atoms with Crippen LogP contribution in [0, 0.1) is 0 Å². The number of aromatic nitrogens is 3. The Morgan fingerprint density at radius 2 is 1.95 bits per heavy atom. The fourth-order valence-electron chi connectivity index (χ4n) is 3.95. The van der Waals surface area contributed by atoms with Crippen LogP contribution in [0.5, 0.6) is 5.88 Å². The van der Waals surface area contributed by atoms with Crippen LogP contribution >= 0.6 is 0 Å². The van der Waals surface area contributed by atoms with Gasteiger partial charge in [0.1, 0.15) is 17.4 Å². The van der Waals surface area contributed by atoms with Crippen molar-refractivity contribution >= 4 is 5.97 Å². The number of esters is 1. The molecule has 8 nitrogen and oxygen atoms in total. The molecule has 2 aromatic heterocycles. The van der Waals surface area contributed by atoms with Gasteiger partial charge in [0.2, 0.25) is 11.5 Å². The second-order valence-corrected chi connectivity index (χ2v) is 9.20. The molecule has 41 heavy (non-hydrogen) atoms. The number of halogens is 6. The van der Waals surface area contributed by atoms with Crippen molar-refractivity contribution in [2.75, 3.05) is 13.7 Å². The SMILES string of the molecule is C=C/C(=C\CCC)COC1(C(F)(F)F)CC/C=C\C[C@@H](C)Oc2nc(c(C(=O)OC)cc2C(F)(F)F)-c2nnc1o2. The van der Waals surface area contributed by atoms with Gasteiger partial charge in [-0.1, -0.05) is 44.2 Å². The van der Waals surface area contributed by atoms with Crippen molar-refractivity contribution in [1.82, 2.24) is 15.2 Å². The standard InChI is InChI=1S/C27H29F6N3O5/c1-5-7-12-17(6-2)15-39-25(27(31,32)33)13-10-8-9-11-16(3)40-21-19(26(28,29)30)14-18(23(37)38-4)20(34-21)22-35-36-24(25)41-22/h6,8-9,12,14,16H,2,5,7,10-11,13,15H2,1,3-4H3/b9-8-,17-12+/t16-,25?/m1/s1. The maximum Gasteiger partial charge on any atom is 0.426 e. The summed E-state index contributed by atoms with van der Waals surface area (Å²) in [5.74, 6) is -3.97. The molecule has 4 bridgehead atoms. The van der Waals surface area contributed by atoms with E-state index in [4.69, 9.17) is 13.9 Å². The highest BCUT2D eigenvalue weighted by Gasteiger charge is 2.61. The van der Waals surface area contributed by atoms with E-state index in [2.05, 4.69) is 26.5 Å². The molecule has 3 rings (SSSR count). The zero-order valence-electron chi connectivity index (χ0n) is 22.6. The second kappa shape index (κ2) is 12.9. The number of nitrogens with zero attached hydrogens (tertiary/aromatic N) is 3. The number of ether oxygens (including phenoxy) is 3. The van der Waals surface area contributed by atoms with Crippen LogP contribution in [0.15, 0.2) is 46.9 Å². The molecule has 14 heteroatoms. The molecular formula is C27H29F6N3O5. The summed E-state index contributed by atoms with van der Waals surface area (Å²) in [5.41, 5.74) is -5.52. The van der Waals surface area contributed by atoms with Gasteiger partial charge in [-0.25, -0.2) is 9.78 Å². The molecule has 2 aromatic rings. The van der Waals surface area contributed by atoms with Crippen LogP contribution < -0.4 is 4.74 Å². The molecular weight excluding hydrogens is 560 g/mol. The van der Waals surface area contributed by atoms with E-state index in [1.54, 1.807) is 6.08 Å². The molecule has 0 fully saturated rings. The van der Waals surface area contributed by atoms with E-state index in [9.17, 15) is 31.1 Å². The van der Waals surface area contributed by atoms with Gasteiger partial charge in [0.25, 0.3) is 11.8 Å². The first-order valence-corrected chi connectivity index (χ1v) is 12.7. The van der Waals surface area contributed by atoms with Crippen LogP contribution in [0.2, 0.25) is 0 Å².